The van der Waals surface area contributed by atoms with E-state index in [0.29, 0.717) is 12.6 Å². The smallest absolute Gasteiger partial charge is 0.191 e. The van der Waals surface area contributed by atoms with Gasteiger partial charge in [-0.05, 0) is 33.1 Å². The quantitative estimate of drug-likeness (QED) is 0.849. The highest BCUT2D eigenvalue weighted by atomic mass is 32.2. The summed E-state index contributed by atoms with van der Waals surface area (Å²) in [5.41, 5.74) is 5.66. The number of hydrogen-bond acceptors (Lipinski definition) is 5. The fourth-order valence-corrected chi connectivity index (χ4v) is 3.59. The van der Waals surface area contributed by atoms with Crippen molar-refractivity contribution in [1.82, 2.24) is 14.8 Å². The van der Waals surface area contributed by atoms with Crippen molar-refractivity contribution in [3.8, 4) is 0 Å². The van der Waals surface area contributed by atoms with Gasteiger partial charge in [-0.3, -0.25) is 0 Å². The highest BCUT2D eigenvalue weighted by Gasteiger charge is 2.28. The number of aromatic nitrogens is 3. The molecule has 0 radical (unpaired) electrons. The summed E-state index contributed by atoms with van der Waals surface area (Å²) < 4.78 is 2.07. The zero-order valence-corrected chi connectivity index (χ0v) is 11.2. The van der Waals surface area contributed by atoms with Crippen molar-refractivity contribution in [3.63, 3.8) is 0 Å². The normalized spacial score (nSPS) is 24.8. The molecular weight excluding hydrogens is 236 g/mol. The average Bonchev–Trinajstić information content (AvgIpc) is 2.86. The molecule has 1 aromatic rings. The second-order valence-electron chi connectivity index (χ2n) is 4.72. The third-order valence-electron chi connectivity index (χ3n) is 3.11. The highest BCUT2D eigenvalue weighted by Crippen LogP contribution is 2.35. The lowest BCUT2D eigenvalue weighted by molar-refractivity contribution is 0.188. The van der Waals surface area contributed by atoms with E-state index >= 15 is 0 Å². The molecule has 0 spiro atoms. The molecule has 1 saturated carbocycles. The van der Waals surface area contributed by atoms with Gasteiger partial charge < -0.3 is 15.4 Å². The van der Waals surface area contributed by atoms with Crippen molar-refractivity contribution in [2.45, 2.75) is 62.2 Å². The number of hydrogen-bond donors (Lipinski definition) is 2. The summed E-state index contributed by atoms with van der Waals surface area (Å²) in [5, 5.41) is 19.3. The monoisotopic (exact) mass is 256 g/mol. The van der Waals surface area contributed by atoms with Gasteiger partial charge in [-0.1, -0.05) is 11.8 Å². The summed E-state index contributed by atoms with van der Waals surface area (Å²) in [7, 11) is 0. The van der Waals surface area contributed by atoms with Crippen LogP contribution in [0.4, 0.5) is 0 Å². The first-order chi connectivity index (χ1) is 8.13. The summed E-state index contributed by atoms with van der Waals surface area (Å²) in [6.45, 7) is 4.59. The lowest BCUT2D eigenvalue weighted by Crippen LogP contribution is -2.17. The molecule has 2 unspecified atom stereocenters. The third kappa shape index (κ3) is 2.64. The van der Waals surface area contributed by atoms with Crippen LogP contribution in [0.5, 0.6) is 0 Å². The fourth-order valence-electron chi connectivity index (χ4n) is 2.23. The van der Waals surface area contributed by atoms with Crippen LogP contribution in [0.15, 0.2) is 5.16 Å². The maximum Gasteiger partial charge on any atom is 0.191 e. The van der Waals surface area contributed by atoms with Crippen LogP contribution in [0, 0.1) is 0 Å². The fraction of sp³-hybridized carbons (Fsp3) is 0.818. The molecule has 1 fully saturated rings. The molecule has 6 heteroatoms. The van der Waals surface area contributed by atoms with E-state index in [1.807, 2.05) is 0 Å². The van der Waals surface area contributed by atoms with Crippen molar-refractivity contribution in [3.05, 3.63) is 5.82 Å². The van der Waals surface area contributed by atoms with E-state index in [9.17, 15) is 5.11 Å². The summed E-state index contributed by atoms with van der Waals surface area (Å²) in [6.07, 6.45) is 2.84. The lowest BCUT2D eigenvalue weighted by atomic mass is 10.3. The van der Waals surface area contributed by atoms with Gasteiger partial charge in [-0.25, -0.2) is 0 Å². The maximum atomic E-state index is 9.84. The molecule has 1 heterocycles. The van der Waals surface area contributed by atoms with Gasteiger partial charge in [-0.15, -0.1) is 10.2 Å². The predicted molar refractivity (Wildman–Crippen MR) is 67.8 cm³/mol. The molecular formula is C11H20N4OS. The van der Waals surface area contributed by atoms with E-state index in [1.54, 1.807) is 11.8 Å². The molecule has 0 saturated heterocycles. The minimum absolute atomic E-state index is 0.210. The highest BCUT2D eigenvalue weighted by molar-refractivity contribution is 7.99. The van der Waals surface area contributed by atoms with Gasteiger partial charge in [0.2, 0.25) is 0 Å². The van der Waals surface area contributed by atoms with Gasteiger partial charge in [0.05, 0.1) is 12.6 Å². The van der Waals surface area contributed by atoms with Crippen molar-refractivity contribution in [2.24, 2.45) is 5.73 Å². The molecule has 0 bridgehead atoms. The Labute approximate surface area is 106 Å². The number of aliphatic hydroxyl groups excluding tert-OH is 1. The second kappa shape index (κ2) is 5.37. The molecule has 1 aromatic heterocycles. The summed E-state index contributed by atoms with van der Waals surface area (Å²) in [5.74, 6) is 0.815. The standard InChI is InChI=1S/C11H20N4OS/c1-7(2)15-10(6-12)13-14-11(15)17-9-5-3-4-8(9)16/h7-9,16H,3-6,12H2,1-2H3. The molecule has 0 amide bonds. The molecule has 17 heavy (non-hydrogen) atoms. The van der Waals surface area contributed by atoms with Crippen LogP contribution in [0.25, 0.3) is 0 Å². The summed E-state index contributed by atoms with van der Waals surface area (Å²) in [4.78, 5) is 0. The van der Waals surface area contributed by atoms with E-state index in [4.69, 9.17) is 5.73 Å². The van der Waals surface area contributed by atoms with Crippen LogP contribution in [0.3, 0.4) is 0 Å². The van der Waals surface area contributed by atoms with E-state index in [1.165, 1.54) is 0 Å². The first-order valence-corrected chi connectivity index (χ1v) is 7.00. The van der Waals surface area contributed by atoms with E-state index in [0.717, 1.165) is 30.2 Å². The molecule has 5 nitrogen and oxygen atoms in total. The zero-order valence-electron chi connectivity index (χ0n) is 10.3. The van der Waals surface area contributed by atoms with E-state index < -0.39 is 0 Å². The summed E-state index contributed by atoms with van der Waals surface area (Å²) >= 11 is 1.63. The number of aliphatic hydroxyl groups is 1. The zero-order chi connectivity index (χ0) is 12.4. The lowest BCUT2D eigenvalue weighted by Gasteiger charge is -2.16. The molecule has 0 aromatic carbocycles. The SMILES string of the molecule is CC(C)n1c(CN)nnc1SC1CCCC1O. The number of rotatable bonds is 4. The van der Waals surface area contributed by atoms with Crippen molar-refractivity contribution in [2.75, 3.05) is 0 Å². The van der Waals surface area contributed by atoms with Gasteiger partial charge in [0, 0.05) is 11.3 Å². The molecule has 1 aliphatic carbocycles. The largest absolute Gasteiger partial charge is 0.392 e. The minimum Gasteiger partial charge on any atom is -0.392 e. The second-order valence-corrected chi connectivity index (χ2v) is 5.93. The van der Waals surface area contributed by atoms with E-state index in [-0.39, 0.29) is 11.4 Å². The Balaban J connectivity index is 2.17. The minimum atomic E-state index is -0.210. The molecule has 0 aliphatic heterocycles. The Hall–Kier alpha value is -0.590. The van der Waals surface area contributed by atoms with E-state index in [2.05, 4.69) is 28.6 Å². The van der Waals surface area contributed by atoms with Gasteiger partial charge in [0.15, 0.2) is 5.16 Å². The Kier molecular flexibility index (Phi) is 4.06. The van der Waals surface area contributed by atoms with Crippen LogP contribution in [0.1, 0.15) is 45.0 Å². The predicted octanol–water partition coefficient (Wildman–Crippen LogP) is 1.32. The molecule has 2 atom stereocenters. The number of thioether (sulfide) groups is 1. The van der Waals surface area contributed by atoms with Crippen molar-refractivity contribution >= 4 is 11.8 Å². The Morgan fingerprint density at radius 2 is 2.24 bits per heavy atom. The number of nitrogens with two attached hydrogens (primary N) is 1. The van der Waals surface area contributed by atoms with Gasteiger partial charge in [0.1, 0.15) is 5.82 Å². The van der Waals surface area contributed by atoms with Gasteiger partial charge in [-0.2, -0.15) is 0 Å². The third-order valence-corrected chi connectivity index (χ3v) is 4.45. The Bertz CT molecular complexity index is 380. The van der Waals surface area contributed by atoms with Crippen LogP contribution in [0.2, 0.25) is 0 Å². The van der Waals surface area contributed by atoms with Crippen LogP contribution in [-0.2, 0) is 6.54 Å². The van der Waals surface area contributed by atoms with Gasteiger partial charge >= 0.3 is 0 Å². The Morgan fingerprint density at radius 3 is 2.76 bits per heavy atom. The first-order valence-electron chi connectivity index (χ1n) is 6.12. The van der Waals surface area contributed by atoms with Crippen molar-refractivity contribution < 1.29 is 5.11 Å². The molecule has 3 N–H and O–H groups in total. The van der Waals surface area contributed by atoms with Crippen LogP contribution < -0.4 is 5.73 Å². The Morgan fingerprint density at radius 1 is 1.47 bits per heavy atom. The van der Waals surface area contributed by atoms with Crippen LogP contribution in [-0.4, -0.2) is 31.2 Å². The topological polar surface area (TPSA) is 77.0 Å². The molecule has 96 valence electrons. The average molecular weight is 256 g/mol. The molecule has 2 rings (SSSR count). The van der Waals surface area contributed by atoms with Crippen molar-refractivity contribution in [1.29, 1.82) is 0 Å². The maximum absolute atomic E-state index is 9.84. The number of nitrogens with zero attached hydrogens (tertiary/aromatic N) is 3. The van der Waals surface area contributed by atoms with Crippen LogP contribution >= 0.6 is 11.8 Å². The molecule has 1 aliphatic rings. The summed E-state index contributed by atoms with van der Waals surface area (Å²) in [6, 6.07) is 0.296. The first kappa shape index (κ1) is 12.9. The van der Waals surface area contributed by atoms with Gasteiger partial charge in [0.25, 0.3) is 0 Å².